The van der Waals surface area contributed by atoms with Crippen LogP contribution in [-0.4, -0.2) is 18.2 Å². The molecule has 0 fully saturated rings. The Labute approximate surface area is 146 Å². The number of aromatic nitrogens is 1. The summed E-state index contributed by atoms with van der Waals surface area (Å²) in [5.74, 6) is 1.08. The zero-order valence-electron chi connectivity index (χ0n) is 14.2. The van der Waals surface area contributed by atoms with Crippen molar-refractivity contribution in [3.05, 3.63) is 71.5 Å². The van der Waals surface area contributed by atoms with Crippen molar-refractivity contribution in [3.8, 4) is 17.0 Å². The van der Waals surface area contributed by atoms with Crippen molar-refractivity contribution in [2.45, 2.75) is 20.0 Å². The average molecular weight is 337 g/mol. The number of rotatable bonds is 6. The quantitative estimate of drug-likeness (QED) is 0.638. The highest BCUT2D eigenvalue weighted by molar-refractivity contribution is 5.72. The first-order valence-corrected chi connectivity index (χ1v) is 7.95. The summed E-state index contributed by atoms with van der Waals surface area (Å²) in [6, 6.07) is 17.3. The Morgan fingerprint density at radius 2 is 1.80 bits per heavy atom. The Hall–Kier alpha value is -3.08. The topological polar surface area (TPSA) is 61.6 Å². The first kappa shape index (κ1) is 16.8. The lowest BCUT2D eigenvalue weighted by Crippen LogP contribution is -2.04. The summed E-state index contributed by atoms with van der Waals surface area (Å²) in [6.45, 7) is 2.33. The summed E-state index contributed by atoms with van der Waals surface area (Å²) in [6.07, 6.45) is 0.249. The lowest BCUT2D eigenvalue weighted by Gasteiger charge is -2.05. The largest absolute Gasteiger partial charge is 0.486 e. The third-order valence-electron chi connectivity index (χ3n) is 3.79. The molecule has 5 nitrogen and oxygen atoms in total. The number of hydrogen-bond donors (Lipinski definition) is 0. The molecule has 2 aromatic carbocycles. The van der Waals surface area contributed by atoms with Crippen LogP contribution in [0, 0.1) is 6.92 Å². The minimum Gasteiger partial charge on any atom is -0.486 e. The van der Waals surface area contributed by atoms with Gasteiger partial charge >= 0.3 is 5.97 Å². The summed E-state index contributed by atoms with van der Waals surface area (Å²) in [7, 11) is 1.38. The van der Waals surface area contributed by atoms with Crippen LogP contribution in [0.25, 0.3) is 11.3 Å². The molecule has 3 aromatic rings. The molecule has 0 unspecified atom stereocenters. The number of carbonyl (C=O) groups excluding carboxylic acids is 1. The maximum atomic E-state index is 11.2. The highest BCUT2D eigenvalue weighted by atomic mass is 16.5. The minimum absolute atomic E-state index is 0.249. The molecule has 25 heavy (non-hydrogen) atoms. The fraction of sp³-hybridized carbons (Fsp3) is 0.200. The SMILES string of the molecule is COC(=O)Cc1ccc(OCc2cc(-c3ccc(C)cc3)no2)cc1. The average Bonchev–Trinajstić information content (AvgIpc) is 3.10. The summed E-state index contributed by atoms with van der Waals surface area (Å²) < 4.78 is 15.7. The van der Waals surface area contributed by atoms with E-state index < -0.39 is 0 Å². The molecule has 0 radical (unpaired) electrons. The Bertz CT molecular complexity index is 835. The van der Waals surface area contributed by atoms with E-state index in [2.05, 4.69) is 9.89 Å². The maximum Gasteiger partial charge on any atom is 0.309 e. The van der Waals surface area contributed by atoms with Gasteiger partial charge in [-0.3, -0.25) is 4.79 Å². The van der Waals surface area contributed by atoms with Crippen LogP contribution >= 0.6 is 0 Å². The molecule has 0 aliphatic heterocycles. The summed E-state index contributed by atoms with van der Waals surface area (Å²) in [4.78, 5) is 11.2. The van der Waals surface area contributed by atoms with Gasteiger partial charge in [-0.05, 0) is 24.6 Å². The van der Waals surface area contributed by atoms with Gasteiger partial charge < -0.3 is 14.0 Å². The van der Waals surface area contributed by atoms with Crippen molar-refractivity contribution in [2.75, 3.05) is 7.11 Å². The lowest BCUT2D eigenvalue weighted by atomic mass is 10.1. The number of aryl methyl sites for hydroxylation is 1. The summed E-state index contributed by atoms with van der Waals surface area (Å²) >= 11 is 0. The molecule has 0 aliphatic rings. The maximum absolute atomic E-state index is 11.2. The van der Waals surface area contributed by atoms with Gasteiger partial charge in [0.1, 0.15) is 18.1 Å². The lowest BCUT2D eigenvalue weighted by molar-refractivity contribution is -0.139. The van der Waals surface area contributed by atoms with Crippen LogP contribution in [0.5, 0.6) is 5.75 Å². The molecule has 0 saturated heterocycles. The second-order valence-electron chi connectivity index (χ2n) is 5.73. The molecular formula is C20H19NO4. The second-order valence-corrected chi connectivity index (χ2v) is 5.73. The number of esters is 1. The Kier molecular flexibility index (Phi) is 5.14. The van der Waals surface area contributed by atoms with Crippen LogP contribution in [0.15, 0.2) is 59.1 Å². The minimum atomic E-state index is -0.265. The second kappa shape index (κ2) is 7.66. The predicted octanol–water partition coefficient (Wildman–Crippen LogP) is 3.94. The fourth-order valence-corrected chi connectivity index (χ4v) is 2.34. The number of nitrogens with zero attached hydrogens (tertiary/aromatic N) is 1. The molecule has 5 heteroatoms. The standard InChI is InChI=1S/C20H19NO4/c1-14-3-7-16(8-4-14)19-12-18(25-21-19)13-24-17-9-5-15(6-10-17)11-20(22)23-2/h3-10,12H,11,13H2,1-2H3. The Morgan fingerprint density at radius 1 is 1.08 bits per heavy atom. The van der Waals surface area contributed by atoms with Crippen molar-refractivity contribution in [3.63, 3.8) is 0 Å². The van der Waals surface area contributed by atoms with Crippen LogP contribution in [0.3, 0.4) is 0 Å². The van der Waals surface area contributed by atoms with E-state index in [0.717, 1.165) is 16.8 Å². The monoisotopic (exact) mass is 337 g/mol. The molecule has 1 aromatic heterocycles. The van der Waals surface area contributed by atoms with Crippen LogP contribution < -0.4 is 4.74 Å². The molecular weight excluding hydrogens is 318 g/mol. The smallest absolute Gasteiger partial charge is 0.309 e. The van der Waals surface area contributed by atoms with E-state index in [4.69, 9.17) is 9.26 Å². The molecule has 128 valence electrons. The van der Waals surface area contributed by atoms with Crippen LogP contribution in [0.2, 0.25) is 0 Å². The normalized spacial score (nSPS) is 10.5. The van der Waals surface area contributed by atoms with Crippen molar-refractivity contribution in [1.82, 2.24) is 5.16 Å². The van der Waals surface area contributed by atoms with Gasteiger partial charge in [0, 0.05) is 11.6 Å². The first-order chi connectivity index (χ1) is 12.1. The predicted molar refractivity (Wildman–Crippen MR) is 93.2 cm³/mol. The molecule has 0 atom stereocenters. The van der Waals surface area contributed by atoms with E-state index in [1.807, 2.05) is 61.5 Å². The van der Waals surface area contributed by atoms with Crippen LogP contribution in [-0.2, 0) is 22.6 Å². The Balaban J connectivity index is 1.58. The number of ether oxygens (including phenoxy) is 2. The highest BCUT2D eigenvalue weighted by Crippen LogP contribution is 2.21. The van der Waals surface area contributed by atoms with Gasteiger partial charge in [-0.1, -0.05) is 47.1 Å². The van der Waals surface area contributed by atoms with E-state index in [-0.39, 0.29) is 19.0 Å². The number of hydrogen-bond acceptors (Lipinski definition) is 5. The van der Waals surface area contributed by atoms with Crippen LogP contribution in [0.4, 0.5) is 0 Å². The van der Waals surface area contributed by atoms with E-state index in [1.165, 1.54) is 12.7 Å². The van der Waals surface area contributed by atoms with Crippen molar-refractivity contribution in [2.24, 2.45) is 0 Å². The molecule has 3 rings (SSSR count). The molecule has 0 aliphatic carbocycles. The van der Waals surface area contributed by atoms with Gasteiger partial charge in [-0.25, -0.2) is 0 Å². The van der Waals surface area contributed by atoms with Gasteiger partial charge in [0.05, 0.1) is 13.5 Å². The fourth-order valence-electron chi connectivity index (χ4n) is 2.34. The number of methoxy groups -OCH3 is 1. The summed E-state index contributed by atoms with van der Waals surface area (Å²) in [5.41, 5.74) is 3.87. The van der Waals surface area contributed by atoms with Gasteiger partial charge in [-0.15, -0.1) is 0 Å². The van der Waals surface area contributed by atoms with E-state index in [0.29, 0.717) is 11.5 Å². The molecule has 0 saturated carbocycles. The van der Waals surface area contributed by atoms with Gasteiger partial charge in [-0.2, -0.15) is 0 Å². The molecule has 0 bridgehead atoms. The highest BCUT2D eigenvalue weighted by Gasteiger charge is 2.08. The Morgan fingerprint density at radius 3 is 2.48 bits per heavy atom. The number of carbonyl (C=O) groups is 1. The van der Waals surface area contributed by atoms with Crippen molar-refractivity contribution in [1.29, 1.82) is 0 Å². The third-order valence-corrected chi connectivity index (χ3v) is 3.79. The molecule has 1 heterocycles. The third kappa shape index (κ3) is 4.47. The van der Waals surface area contributed by atoms with Crippen molar-refractivity contribution < 1.29 is 18.8 Å². The molecule has 0 spiro atoms. The van der Waals surface area contributed by atoms with Crippen molar-refractivity contribution >= 4 is 5.97 Å². The van der Waals surface area contributed by atoms with Crippen LogP contribution in [0.1, 0.15) is 16.9 Å². The zero-order chi connectivity index (χ0) is 17.6. The summed E-state index contributed by atoms with van der Waals surface area (Å²) in [5, 5.41) is 4.08. The molecule has 0 N–H and O–H groups in total. The van der Waals surface area contributed by atoms with Gasteiger partial charge in [0.2, 0.25) is 0 Å². The molecule has 0 amide bonds. The number of benzene rings is 2. The van der Waals surface area contributed by atoms with E-state index >= 15 is 0 Å². The first-order valence-electron chi connectivity index (χ1n) is 7.95. The van der Waals surface area contributed by atoms with Gasteiger partial charge in [0.25, 0.3) is 0 Å². The van der Waals surface area contributed by atoms with Gasteiger partial charge in [0.15, 0.2) is 5.76 Å². The van der Waals surface area contributed by atoms with E-state index in [9.17, 15) is 4.79 Å². The zero-order valence-corrected chi connectivity index (χ0v) is 14.2. The van der Waals surface area contributed by atoms with E-state index in [1.54, 1.807) is 0 Å².